The van der Waals surface area contributed by atoms with Gasteiger partial charge < -0.3 is 15.5 Å². The molecule has 2 aliphatic rings. The van der Waals surface area contributed by atoms with Crippen molar-refractivity contribution in [1.29, 1.82) is 0 Å². The quantitative estimate of drug-likeness (QED) is 0.876. The van der Waals surface area contributed by atoms with Gasteiger partial charge in [0.2, 0.25) is 0 Å². The number of benzene rings is 1. The predicted octanol–water partition coefficient (Wildman–Crippen LogP) is 2.19. The summed E-state index contributed by atoms with van der Waals surface area (Å²) < 4.78 is 1.06. The molecule has 19 heavy (non-hydrogen) atoms. The number of urea groups is 1. The Balaban J connectivity index is 1.80. The number of hydrogen-bond acceptors (Lipinski definition) is 2. The van der Waals surface area contributed by atoms with Crippen LogP contribution in [0.2, 0.25) is 0 Å². The predicted molar refractivity (Wildman–Crippen MR) is 78.1 cm³/mol. The molecule has 2 unspecified atom stereocenters. The molecule has 0 aromatic heterocycles. The van der Waals surface area contributed by atoms with E-state index in [4.69, 9.17) is 0 Å². The summed E-state index contributed by atoms with van der Waals surface area (Å²) in [5.41, 5.74) is 2.43. The second kappa shape index (κ2) is 5.13. The van der Waals surface area contributed by atoms with Gasteiger partial charge in [0.05, 0.1) is 6.04 Å². The Morgan fingerprint density at radius 3 is 3.00 bits per heavy atom. The van der Waals surface area contributed by atoms with Crippen LogP contribution in [0.25, 0.3) is 0 Å². The second-order valence-corrected chi connectivity index (χ2v) is 6.22. The molecular formula is C14H18BrN3O. The standard InChI is InChI=1S/C14H18BrN3O/c1-9-2-3-10(15)6-12(9)13-8-18(14(19)17-13)11-4-5-16-7-11/h2-3,6,11,13,16H,4-5,7-8H2,1H3,(H,17,19). The molecule has 3 rings (SSSR count). The summed E-state index contributed by atoms with van der Waals surface area (Å²) in [5, 5.41) is 6.42. The summed E-state index contributed by atoms with van der Waals surface area (Å²) in [6.07, 6.45) is 1.05. The van der Waals surface area contributed by atoms with Crippen LogP contribution >= 0.6 is 15.9 Å². The van der Waals surface area contributed by atoms with Gasteiger partial charge in [-0.1, -0.05) is 22.0 Å². The number of amides is 2. The zero-order valence-electron chi connectivity index (χ0n) is 10.9. The van der Waals surface area contributed by atoms with Crippen LogP contribution in [-0.4, -0.2) is 36.6 Å². The van der Waals surface area contributed by atoms with Crippen LogP contribution in [0.3, 0.4) is 0 Å². The van der Waals surface area contributed by atoms with Crippen molar-refractivity contribution in [1.82, 2.24) is 15.5 Å². The maximum absolute atomic E-state index is 12.1. The Bertz CT molecular complexity index is 499. The minimum Gasteiger partial charge on any atom is -0.329 e. The number of halogens is 1. The van der Waals surface area contributed by atoms with Crippen molar-refractivity contribution in [2.75, 3.05) is 19.6 Å². The minimum atomic E-state index is 0.0677. The Labute approximate surface area is 121 Å². The van der Waals surface area contributed by atoms with E-state index in [1.807, 2.05) is 11.0 Å². The summed E-state index contributed by atoms with van der Waals surface area (Å²) in [7, 11) is 0. The average molecular weight is 324 g/mol. The van der Waals surface area contributed by atoms with Gasteiger partial charge in [0.1, 0.15) is 0 Å². The van der Waals surface area contributed by atoms with Crippen molar-refractivity contribution in [3.8, 4) is 0 Å². The third-order valence-corrected chi connectivity index (χ3v) is 4.52. The average Bonchev–Trinajstić information content (AvgIpc) is 3.01. The van der Waals surface area contributed by atoms with E-state index in [2.05, 4.69) is 45.6 Å². The first-order valence-electron chi connectivity index (χ1n) is 6.69. The highest BCUT2D eigenvalue weighted by atomic mass is 79.9. The van der Waals surface area contributed by atoms with E-state index in [9.17, 15) is 4.79 Å². The normalized spacial score (nSPS) is 26.8. The number of carbonyl (C=O) groups excluding carboxylic acids is 1. The zero-order chi connectivity index (χ0) is 13.4. The van der Waals surface area contributed by atoms with Crippen molar-refractivity contribution in [2.24, 2.45) is 0 Å². The molecule has 2 aliphatic heterocycles. The molecular weight excluding hydrogens is 306 g/mol. The fraction of sp³-hybridized carbons (Fsp3) is 0.500. The molecule has 1 aromatic rings. The van der Waals surface area contributed by atoms with Gasteiger partial charge in [0, 0.05) is 23.6 Å². The van der Waals surface area contributed by atoms with Crippen LogP contribution in [-0.2, 0) is 0 Å². The number of nitrogens with one attached hydrogen (secondary N) is 2. The van der Waals surface area contributed by atoms with Crippen LogP contribution in [0, 0.1) is 6.92 Å². The molecule has 0 saturated carbocycles. The monoisotopic (exact) mass is 323 g/mol. The van der Waals surface area contributed by atoms with Gasteiger partial charge in [-0.3, -0.25) is 0 Å². The molecule has 2 N–H and O–H groups in total. The fourth-order valence-electron chi connectivity index (χ4n) is 2.94. The number of rotatable bonds is 2. The van der Waals surface area contributed by atoms with Crippen LogP contribution in [0.1, 0.15) is 23.6 Å². The first-order chi connectivity index (χ1) is 9.15. The molecule has 2 amide bonds. The van der Waals surface area contributed by atoms with Crippen molar-refractivity contribution >= 4 is 22.0 Å². The molecule has 0 bridgehead atoms. The van der Waals surface area contributed by atoms with Crippen LogP contribution in [0.4, 0.5) is 4.79 Å². The number of nitrogens with zero attached hydrogens (tertiary/aromatic N) is 1. The topological polar surface area (TPSA) is 44.4 Å². The van der Waals surface area contributed by atoms with Crippen LogP contribution in [0.15, 0.2) is 22.7 Å². The first-order valence-corrected chi connectivity index (χ1v) is 7.48. The summed E-state index contributed by atoms with van der Waals surface area (Å²) in [5.74, 6) is 0. The van der Waals surface area contributed by atoms with Crippen molar-refractivity contribution < 1.29 is 4.79 Å². The van der Waals surface area contributed by atoms with Gasteiger partial charge in [-0.15, -0.1) is 0 Å². The SMILES string of the molecule is Cc1ccc(Br)cc1C1CN(C2CCNC2)C(=O)N1. The number of hydrogen-bond donors (Lipinski definition) is 2. The molecule has 0 spiro atoms. The van der Waals surface area contributed by atoms with Gasteiger partial charge >= 0.3 is 6.03 Å². The number of aryl methyl sites for hydroxylation is 1. The largest absolute Gasteiger partial charge is 0.329 e. The highest BCUT2D eigenvalue weighted by Gasteiger charge is 2.36. The van der Waals surface area contributed by atoms with Crippen molar-refractivity contribution in [2.45, 2.75) is 25.4 Å². The highest BCUT2D eigenvalue weighted by Crippen LogP contribution is 2.28. The van der Waals surface area contributed by atoms with Gasteiger partial charge in [-0.2, -0.15) is 0 Å². The number of carbonyl (C=O) groups is 1. The molecule has 0 radical (unpaired) electrons. The second-order valence-electron chi connectivity index (χ2n) is 5.30. The summed E-state index contributed by atoms with van der Waals surface area (Å²) in [6, 6.07) is 6.75. The summed E-state index contributed by atoms with van der Waals surface area (Å²) in [6.45, 7) is 4.78. The van der Waals surface area contributed by atoms with Crippen molar-refractivity contribution in [3.05, 3.63) is 33.8 Å². The van der Waals surface area contributed by atoms with E-state index >= 15 is 0 Å². The molecule has 102 valence electrons. The first kappa shape index (κ1) is 12.9. The lowest BCUT2D eigenvalue weighted by Gasteiger charge is -2.22. The molecule has 4 nitrogen and oxygen atoms in total. The molecule has 2 fully saturated rings. The van der Waals surface area contributed by atoms with Gasteiger partial charge in [-0.25, -0.2) is 4.79 Å². The molecule has 0 aliphatic carbocycles. The van der Waals surface area contributed by atoms with Gasteiger partial charge in [0.15, 0.2) is 0 Å². The fourth-order valence-corrected chi connectivity index (χ4v) is 3.32. The molecule has 5 heteroatoms. The Kier molecular flexibility index (Phi) is 3.50. The maximum atomic E-state index is 12.1. The lowest BCUT2D eigenvalue weighted by atomic mass is 10.0. The summed E-state index contributed by atoms with van der Waals surface area (Å²) >= 11 is 3.50. The summed E-state index contributed by atoms with van der Waals surface area (Å²) in [4.78, 5) is 14.1. The van der Waals surface area contributed by atoms with E-state index in [1.54, 1.807) is 0 Å². The van der Waals surface area contributed by atoms with Gasteiger partial charge in [-0.05, 0) is 43.1 Å². The molecule has 2 heterocycles. The Hall–Kier alpha value is -1.07. The molecule has 2 saturated heterocycles. The maximum Gasteiger partial charge on any atom is 0.318 e. The smallest absolute Gasteiger partial charge is 0.318 e. The molecule has 2 atom stereocenters. The van der Waals surface area contributed by atoms with Crippen LogP contribution < -0.4 is 10.6 Å². The lowest BCUT2D eigenvalue weighted by Crippen LogP contribution is -2.39. The highest BCUT2D eigenvalue weighted by molar-refractivity contribution is 9.10. The molecule has 1 aromatic carbocycles. The van der Waals surface area contributed by atoms with E-state index in [0.29, 0.717) is 6.04 Å². The van der Waals surface area contributed by atoms with E-state index in [1.165, 1.54) is 11.1 Å². The lowest BCUT2D eigenvalue weighted by molar-refractivity contribution is 0.201. The van der Waals surface area contributed by atoms with Crippen LogP contribution in [0.5, 0.6) is 0 Å². The van der Waals surface area contributed by atoms with E-state index in [-0.39, 0.29) is 12.1 Å². The van der Waals surface area contributed by atoms with Crippen molar-refractivity contribution in [3.63, 3.8) is 0 Å². The zero-order valence-corrected chi connectivity index (χ0v) is 12.5. The third kappa shape index (κ3) is 2.49. The minimum absolute atomic E-state index is 0.0677. The van der Waals surface area contributed by atoms with E-state index in [0.717, 1.165) is 30.5 Å². The Morgan fingerprint density at radius 1 is 1.42 bits per heavy atom. The Morgan fingerprint density at radius 2 is 2.26 bits per heavy atom. The van der Waals surface area contributed by atoms with Gasteiger partial charge in [0.25, 0.3) is 0 Å². The van der Waals surface area contributed by atoms with E-state index < -0.39 is 0 Å². The third-order valence-electron chi connectivity index (χ3n) is 4.03.